The molecule has 1 atom stereocenters. The Bertz CT molecular complexity index is 751. The molecule has 0 bridgehead atoms. The molecule has 1 amide bonds. The van der Waals surface area contributed by atoms with Gasteiger partial charge in [0.1, 0.15) is 0 Å². The molecule has 4 nitrogen and oxygen atoms in total. The van der Waals surface area contributed by atoms with Crippen LogP contribution < -0.4 is 5.32 Å². The first-order valence-electron chi connectivity index (χ1n) is 9.17. The van der Waals surface area contributed by atoms with E-state index < -0.39 is 18.1 Å². The van der Waals surface area contributed by atoms with Crippen LogP contribution in [0.5, 0.6) is 0 Å². The predicted octanol–water partition coefficient (Wildman–Crippen LogP) is 4.02. The fourth-order valence-electron chi connectivity index (χ4n) is 2.56. The number of esters is 1. The monoisotopic (exact) mass is 363 g/mol. The number of hydrogen-bond acceptors (Lipinski definition) is 3. The van der Waals surface area contributed by atoms with Crippen LogP contribution >= 0.6 is 0 Å². The van der Waals surface area contributed by atoms with Crippen molar-refractivity contribution in [3.8, 4) is 11.8 Å². The van der Waals surface area contributed by atoms with E-state index in [1.54, 1.807) is 0 Å². The summed E-state index contributed by atoms with van der Waals surface area (Å²) in [5.74, 6) is 4.91. The van der Waals surface area contributed by atoms with Crippen molar-refractivity contribution in [3.05, 3.63) is 71.8 Å². The lowest BCUT2D eigenvalue weighted by molar-refractivity contribution is -0.149. The number of amides is 1. The fourth-order valence-corrected chi connectivity index (χ4v) is 2.56. The van der Waals surface area contributed by atoms with Gasteiger partial charge in [-0.05, 0) is 17.5 Å². The van der Waals surface area contributed by atoms with E-state index in [4.69, 9.17) is 4.74 Å². The number of carbonyl (C=O) groups is 2. The van der Waals surface area contributed by atoms with Gasteiger partial charge in [0.15, 0.2) is 12.1 Å². The van der Waals surface area contributed by atoms with Crippen LogP contribution in [0.15, 0.2) is 60.7 Å². The smallest absolute Gasteiger partial charge is 0.342 e. The zero-order valence-corrected chi connectivity index (χ0v) is 15.8. The largest absolute Gasteiger partial charge is 0.450 e. The molecule has 0 aliphatic carbocycles. The Hall–Kier alpha value is -3.06. The Morgan fingerprint density at radius 1 is 1.00 bits per heavy atom. The third-order valence-corrected chi connectivity index (χ3v) is 3.92. The summed E-state index contributed by atoms with van der Waals surface area (Å²) >= 11 is 0. The second-order valence-electron chi connectivity index (χ2n) is 6.20. The van der Waals surface area contributed by atoms with Crippen molar-refractivity contribution in [2.45, 2.75) is 45.3 Å². The quantitative estimate of drug-likeness (QED) is 0.459. The van der Waals surface area contributed by atoms with Crippen LogP contribution in [0.4, 0.5) is 0 Å². The van der Waals surface area contributed by atoms with E-state index in [2.05, 4.69) is 24.1 Å². The molecule has 0 aliphatic heterocycles. The maximum atomic E-state index is 12.8. The molecule has 0 fully saturated rings. The van der Waals surface area contributed by atoms with Crippen LogP contribution in [0.2, 0.25) is 0 Å². The Morgan fingerprint density at radius 3 is 2.04 bits per heavy atom. The highest BCUT2D eigenvalue weighted by Gasteiger charge is 2.25. The normalized spacial score (nSPS) is 11.2. The van der Waals surface area contributed by atoms with Crippen molar-refractivity contribution in [2.75, 3.05) is 0 Å². The van der Waals surface area contributed by atoms with Crippen LogP contribution in [-0.2, 0) is 14.3 Å². The Labute approximate surface area is 160 Å². The van der Waals surface area contributed by atoms with Crippen molar-refractivity contribution in [3.63, 3.8) is 0 Å². The molecule has 0 radical (unpaired) electrons. The summed E-state index contributed by atoms with van der Waals surface area (Å²) in [7, 11) is 0. The minimum Gasteiger partial charge on any atom is -0.450 e. The fraction of sp³-hybridized carbons (Fsp3) is 0.304. The molecule has 0 heterocycles. The van der Waals surface area contributed by atoms with Crippen LogP contribution in [0.1, 0.15) is 50.3 Å². The lowest BCUT2D eigenvalue weighted by Crippen LogP contribution is -2.40. The highest BCUT2D eigenvalue weighted by atomic mass is 16.5. The number of hydrogen-bond donors (Lipinski definition) is 1. The molecule has 0 saturated heterocycles. The topological polar surface area (TPSA) is 55.4 Å². The average molecular weight is 363 g/mol. The third kappa shape index (κ3) is 6.63. The zero-order chi connectivity index (χ0) is 19.5. The molecule has 2 rings (SSSR count). The first kappa shape index (κ1) is 20.3. The standard InChI is InChI=1S/C23H25NO3/c1-3-4-5-12-17-21(24-18(2)25)23(26)27-22(19-13-8-6-9-14-19)20-15-10-7-11-16-20/h6-11,13-16,21-22H,3-5H2,1-2H3,(H,24,25). The molecule has 0 aliphatic rings. The first-order valence-corrected chi connectivity index (χ1v) is 9.17. The molecule has 0 spiro atoms. The van der Waals surface area contributed by atoms with Gasteiger partial charge in [0.2, 0.25) is 5.91 Å². The molecule has 1 unspecified atom stereocenters. The summed E-state index contributed by atoms with van der Waals surface area (Å²) in [5, 5.41) is 2.58. The van der Waals surface area contributed by atoms with Gasteiger partial charge >= 0.3 is 5.97 Å². The molecule has 2 aromatic rings. The molecular weight excluding hydrogens is 338 g/mol. The number of ether oxygens (including phenoxy) is 1. The van der Waals surface area contributed by atoms with Gasteiger partial charge in [-0.1, -0.05) is 79.9 Å². The van der Waals surface area contributed by atoms with Gasteiger partial charge in [-0.3, -0.25) is 4.79 Å². The molecule has 140 valence electrons. The minimum atomic E-state index is -0.978. The summed E-state index contributed by atoms with van der Waals surface area (Å²) in [4.78, 5) is 24.2. The van der Waals surface area contributed by atoms with Gasteiger partial charge in [-0.2, -0.15) is 0 Å². The summed E-state index contributed by atoms with van der Waals surface area (Å²) in [5.41, 5.74) is 1.72. The second-order valence-corrected chi connectivity index (χ2v) is 6.20. The lowest BCUT2D eigenvalue weighted by Gasteiger charge is -2.21. The van der Waals surface area contributed by atoms with E-state index in [1.165, 1.54) is 6.92 Å². The van der Waals surface area contributed by atoms with Crippen molar-refractivity contribution in [1.29, 1.82) is 0 Å². The summed E-state index contributed by atoms with van der Waals surface area (Å²) < 4.78 is 5.79. The van der Waals surface area contributed by atoms with Gasteiger partial charge in [-0.25, -0.2) is 4.79 Å². The number of unbranched alkanes of at least 4 members (excludes halogenated alkanes) is 2. The van der Waals surface area contributed by atoms with E-state index in [1.807, 2.05) is 60.7 Å². The van der Waals surface area contributed by atoms with Crippen LogP contribution in [-0.4, -0.2) is 17.9 Å². The molecule has 0 aromatic heterocycles. The van der Waals surface area contributed by atoms with Crippen molar-refractivity contribution in [2.24, 2.45) is 0 Å². The van der Waals surface area contributed by atoms with Crippen molar-refractivity contribution < 1.29 is 14.3 Å². The van der Waals surface area contributed by atoms with Gasteiger partial charge in [-0.15, -0.1) is 5.92 Å². The second kappa shape index (κ2) is 10.8. The van der Waals surface area contributed by atoms with Crippen LogP contribution in [0, 0.1) is 11.8 Å². The van der Waals surface area contributed by atoms with Gasteiger partial charge in [0.05, 0.1) is 0 Å². The van der Waals surface area contributed by atoms with Gasteiger partial charge < -0.3 is 10.1 Å². The van der Waals surface area contributed by atoms with E-state index in [0.717, 1.165) is 24.0 Å². The first-order chi connectivity index (χ1) is 13.1. The Morgan fingerprint density at radius 2 is 1.56 bits per heavy atom. The van der Waals surface area contributed by atoms with Gasteiger partial charge in [0, 0.05) is 13.3 Å². The maximum Gasteiger partial charge on any atom is 0.342 e. The van der Waals surface area contributed by atoms with Crippen LogP contribution in [0.3, 0.4) is 0 Å². The number of nitrogens with one attached hydrogen (secondary N) is 1. The van der Waals surface area contributed by atoms with E-state index in [-0.39, 0.29) is 5.91 Å². The SMILES string of the molecule is CCCCC#CC(NC(C)=O)C(=O)OC(c1ccccc1)c1ccccc1. The lowest BCUT2D eigenvalue weighted by atomic mass is 10.0. The summed E-state index contributed by atoms with van der Waals surface area (Å²) in [6, 6.07) is 18.1. The zero-order valence-electron chi connectivity index (χ0n) is 15.8. The third-order valence-electron chi connectivity index (χ3n) is 3.92. The van der Waals surface area contributed by atoms with E-state index in [9.17, 15) is 9.59 Å². The van der Waals surface area contributed by atoms with Crippen molar-refractivity contribution in [1.82, 2.24) is 5.32 Å². The Kier molecular flexibility index (Phi) is 8.12. The minimum absolute atomic E-state index is 0.322. The highest BCUT2D eigenvalue weighted by Crippen LogP contribution is 2.26. The number of benzene rings is 2. The summed E-state index contributed by atoms with van der Waals surface area (Å²) in [6.07, 6.45) is 2.09. The predicted molar refractivity (Wildman–Crippen MR) is 106 cm³/mol. The average Bonchev–Trinajstić information content (AvgIpc) is 2.69. The molecule has 1 N–H and O–H groups in total. The van der Waals surface area contributed by atoms with Crippen molar-refractivity contribution >= 4 is 11.9 Å². The molecule has 2 aromatic carbocycles. The summed E-state index contributed by atoms with van der Waals surface area (Å²) in [6.45, 7) is 3.44. The molecule has 27 heavy (non-hydrogen) atoms. The molecule has 0 saturated carbocycles. The van der Waals surface area contributed by atoms with E-state index >= 15 is 0 Å². The van der Waals surface area contributed by atoms with Gasteiger partial charge in [0.25, 0.3) is 0 Å². The van der Waals surface area contributed by atoms with Crippen LogP contribution in [0.25, 0.3) is 0 Å². The highest BCUT2D eigenvalue weighted by molar-refractivity contribution is 5.86. The number of carbonyl (C=O) groups excluding carboxylic acids is 2. The Balaban J connectivity index is 2.24. The van der Waals surface area contributed by atoms with E-state index in [0.29, 0.717) is 6.42 Å². The molecule has 4 heteroatoms. The number of rotatable bonds is 7. The molecular formula is C23H25NO3. The maximum absolute atomic E-state index is 12.8.